The van der Waals surface area contributed by atoms with E-state index in [1.54, 1.807) is 0 Å². The van der Waals surface area contributed by atoms with Crippen molar-refractivity contribution in [1.29, 1.82) is 0 Å². The lowest BCUT2D eigenvalue weighted by molar-refractivity contribution is -0.120. The lowest BCUT2D eigenvalue weighted by atomic mass is 10.1. The topological polar surface area (TPSA) is 32.3 Å². The van der Waals surface area contributed by atoms with Crippen molar-refractivity contribution < 1.29 is 4.79 Å². The molecule has 45 heavy (non-hydrogen) atoms. The van der Waals surface area contributed by atoms with Crippen LogP contribution in [-0.2, 0) is 4.79 Å². The zero-order valence-corrected chi connectivity index (χ0v) is 30.7. The Labute approximate surface area is 282 Å². The van der Waals surface area contributed by atoms with Gasteiger partial charge in [0.1, 0.15) is 5.78 Å². The van der Waals surface area contributed by atoms with Crippen LogP contribution in [0.2, 0.25) is 0 Å². The van der Waals surface area contributed by atoms with Gasteiger partial charge in [0, 0.05) is 6.42 Å². The number of nitrogens with one attached hydrogen (secondary N) is 1. The quantitative estimate of drug-likeness (QED) is 0.0554. The third-order valence-electron chi connectivity index (χ3n) is 8.63. The molecule has 0 rings (SSSR count). The van der Waals surface area contributed by atoms with Gasteiger partial charge >= 0.3 is 0 Å². The predicted molar refractivity (Wildman–Crippen MR) is 203 cm³/mol. The Morgan fingerprint density at radius 1 is 0.489 bits per heavy atom. The highest BCUT2D eigenvalue weighted by Crippen LogP contribution is 2.12. The summed E-state index contributed by atoms with van der Waals surface area (Å²) >= 11 is 0. The number of ketones is 1. The average Bonchev–Trinajstić information content (AvgIpc) is 3.04. The molecule has 0 aromatic carbocycles. The van der Waals surface area contributed by atoms with Crippen molar-refractivity contribution in [2.45, 2.75) is 181 Å². The van der Waals surface area contributed by atoms with E-state index in [2.05, 4.69) is 72.7 Å². The highest BCUT2D eigenvalue weighted by atomic mass is 16.1. The summed E-state index contributed by atoms with van der Waals surface area (Å²) in [5.74, 6) is 0.422. The molecule has 0 bridgehead atoms. The summed E-state index contributed by atoms with van der Waals surface area (Å²) in [4.78, 5) is 15.1. The van der Waals surface area contributed by atoms with Crippen molar-refractivity contribution in [3.8, 4) is 0 Å². The molecule has 0 amide bonds. The molecule has 0 aliphatic carbocycles. The van der Waals surface area contributed by atoms with Gasteiger partial charge in [0.2, 0.25) is 0 Å². The van der Waals surface area contributed by atoms with Gasteiger partial charge in [0.05, 0.1) is 6.54 Å². The summed E-state index contributed by atoms with van der Waals surface area (Å²) in [6, 6.07) is 0. The highest BCUT2D eigenvalue weighted by molar-refractivity contribution is 5.80. The van der Waals surface area contributed by atoms with Crippen LogP contribution in [0, 0.1) is 0 Å². The number of nitrogens with zero attached hydrogens (tertiary/aromatic N) is 1. The molecule has 0 saturated heterocycles. The number of rotatable bonds is 36. The van der Waals surface area contributed by atoms with Crippen LogP contribution in [0.1, 0.15) is 181 Å². The summed E-state index contributed by atoms with van der Waals surface area (Å²) in [6.45, 7) is 8.30. The van der Waals surface area contributed by atoms with Crippen molar-refractivity contribution in [3.63, 3.8) is 0 Å². The number of hydrogen-bond acceptors (Lipinski definition) is 3. The molecule has 0 spiro atoms. The minimum absolute atomic E-state index is 0.422. The summed E-state index contributed by atoms with van der Waals surface area (Å²) in [5, 5.41) is 3.17. The van der Waals surface area contributed by atoms with E-state index in [9.17, 15) is 4.79 Å². The zero-order chi connectivity index (χ0) is 32.7. The Morgan fingerprint density at radius 3 is 1.27 bits per heavy atom. The first-order valence-corrected chi connectivity index (χ1v) is 19.7. The fourth-order valence-corrected chi connectivity index (χ4v) is 5.71. The van der Waals surface area contributed by atoms with Crippen molar-refractivity contribution >= 4 is 5.78 Å². The number of unbranched alkanes of at least 4 members (excludes halogenated alkanes) is 18. The van der Waals surface area contributed by atoms with Gasteiger partial charge in [-0.3, -0.25) is 9.69 Å². The lowest BCUT2D eigenvalue weighted by Gasteiger charge is -2.21. The Morgan fingerprint density at radius 2 is 0.867 bits per heavy atom. The monoisotopic (exact) mass is 627 g/mol. The van der Waals surface area contributed by atoms with Gasteiger partial charge in [-0.05, 0) is 110 Å². The standard InChI is InChI=1S/C42H78N2O/c1-4-6-8-10-12-14-16-18-20-22-24-26-28-30-32-34-39-44(41-42(45)37-36-38-43-3)40-35-33-31-29-27-25-23-21-19-17-15-13-11-9-7-5-2/h12-15,18-21,43H,4-11,16-17,22-41H2,1-3H3/b14-12-,15-13-,20-18-,21-19-. The van der Waals surface area contributed by atoms with Gasteiger partial charge in [-0.2, -0.15) is 0 Å². The molecule has 1 N–H and O–H groups in total. The molecule has 0 fully saturated rings. The van der Waals surface area contributed by atoms with Crippen LogP contribution in [-0.4, -0.2) is 43.9 Å². The van der Waals surface area contributed by atoms with Gasteiger partial charge in [0.15, 0.2) is 0 Å². The van der Waals surface area contributed by atoms with Crippen LogP contribution in [0.3, 0.4) is 0 Å². The van der Waals surface area contributed by atoms with E-state index in [-0.39, 0.29) is 0 Å². The first-order chi connectivity index (χ1) is 22.2. The third kappa shape index (κ3) is 36.9. The smallest absolute Gasteiger partial charge is 0.146 e. The molecule has 0 atom stereocenters. The molecule has 3 nitrogen and oxygen atoms in total. The third-order valence-corrected chi connectivity index (χ3v) is 8.63. The van der Waals surface area contributed by atoms with Gasteiger partial charge in [-0.15, -0.1) is 0 Å². The Bertz CT molecular complexity index is 659. The minimum atomic E-state index is 0.422. The summed E-state index contributed by atoms with van der Waals surface area (Å²) in [5.41, 5.74) is 0. The van der Waals surface area contributed by atoms with Gasteiger partial charge in [-0.25, -0.2) is 0 Å². The largest absolute Gasteiger partial charge is 0.320 e. The maximum absolute atomic E-state index is 12.6. The van der Waals surface area contributed by atoms with Crippen LogP contribution < -0.4 is 5.32 Å². The Kier molecular flexibility index (Phi) is 37.5. The summed E-state index contributed by atoms with van der Waals surface area (Å²) in [6.07, 6.45) is 51.3. The molecular formula is C42H78N2O. The Balaban J connectivity index is 3.95. The van der Waals surface area contributed by atoms with E-state index >= 15 is 0 Å². The fraction of sp³-hybridized carbons (Fsp3) is 0.786. The molecule has 0 radical (unpaired) electrons. The number of Topliss-reactive ketones (excluding diaryl/α,β-unsaturated/α-hetero) is 1. The van der Waals surface area contributed by atoms with Crippen molar-refractivity contribution in [2.75, 3.05) is 33.2 Å². The second-order valence-corrected chi connectivity index (χ2v) is 13.2. The molecule has 3 heteroatoms. The van der Waals surface area contributed by atoms with E-state index in [0.717, 1.165) is 38.9 Å². The summed E-state index contributed by atoms with van der Waals surface area (Å²) < 4.78 is 0. The van der Waals surface area contributed by atoms with Crippen LogP contribution in [0.4, 0.5) is 0 Å². The van der Waals surface area contributed by atoms with E-state index in [0.29, 0.717) is 18.7 Å². The first kappa shape index (κ1) is 43.5. The van der Waals surface area contributed by atoms with E-state index < -0.39 is 0 Å². The van der Waals surface area contributed by atoms with Crippen LogP contribution in [0.5, 0.6) is 0 Å². The number of carbonyl (C=O) groups excluding carboxylic acids is 1. The van der Waals surface area contributed by atoms with Gasteiger partial charge in [0.25, 0.3) is 0 Å². The van der Waals surface area contributed by atoms with Crippen LogP contribution in [0.25, 0.3) is 0 Å². The van der Waals surface area contributed by atoms with Crippen LogP contribution >= 0.6 is 0 Å². The minimum Gasteiger partial charge on any atom is -0.320 e. The Hall–Kier alpha value is -1.45. The van der Waals surface area contributed by atoms with Crippen molar-refractivity contribution in [1.82, 2.24) is 10.2 Å². The summed E-state index contributed by atoms with van der Waals surface area (Å²) in [7, 11) is 1.97. The molecular weight excluding hydrogens is 548 g/mol. The van der Waals surface area contributed by atoms with E-state index in [4.69, 9.17) is 0 Å². The molecule has 0 aromatic heterocycles. The fourth-order valence-electron chi connectivity index (χ4n) is 5.71. The molecule has 0 saturated carbocycles. The molecule has 0 heterocycles. The maximum atomic E-state index is 12.6. The molecule has 0 unspecified atom stereocenters. The molecule has 262 valence electrons. The van der Waals surface area contributed by atoms with Gasteiger partial charge < -0.3 is 5.32 Å². The van der Waals surface area contributed by atoms with E-state index in [1.165, 1.54) is 141 Å². The predicted octanol–water partition coefficient (Wildman–Crippen LogP) is 12.5. The van der Waals surface area contributed by atoms with Crippen LogP contribution in [0.15, 0.2) is 48.6 Å². The highest BCUT2D eigenvalue weighted by Gasteiger charge is 2.10. The van der Waals surface area contributed by atoms with E-state index in [1.807, 2.05) is 7.05 Å². The SMILES string of the molecule is CCCCC/C=C\C/C=C\CCCCCCCCN(CCCCCCCC/C=C\C/C=C\CCCCC)CC(=O)CCCNC. The zero-order valence-electron chi connectivity index (χ0n) is 30.7. The second kappa shape index (κ2) is 38.7. The first-order valence-electron chi connectivity index (χ1n) is 19.7. The lowest BCUT2D eigenvalue weighted by Crippen LogP contribution is -2.32. The molecule has 0 aromatic rings. The van der Waals surface area contributed by atoms with Gasteiger partial charge in [-0.1, -0.05) is 140 Å². The second-order valence-electron chi connectivity index (χ2n) is 13.2. The number of allylic oxidation sites excluding steroid dienone is 8. The maximum Gasteiger partial charge on any atom is 0.146 e. The average molecular weight is 627 g/mol. The normalized spacial score (nSPS) is 12.4. The number of hydrogen-bond donors (Lipinski definition) is 1. The van der Waals surface area contributed by atoms with Crippen molar-refractivity contribution in [3.05, 3.63) is 48.6 Å². The van der Waals surface area contributed by atoms with Crippen molar-refractivity contribution in [2.24, 2.45) is 0 Å². The molecule has 0 aliphatic heterocycles. The number of carbonyl (C=O) groups is 1. The molecule has 0 aliphatic rings.